The van der Waals surface area contributed by atoms with E-state index in [4.69, 9.17) is 11.6 Å². The molecular weight excluding hydrogens is 338 g/mol. The molecule has 1 aliphatic rings. The molecule has 0 radical (unpaired) electrons. The van der Waals surface area contributed by atoms with Crippen LogP contribution in [-0.4, -0.2) is 15.5 Å². The van der Waals surface area contributed by atoms with Gasteiger partial charge in [-0.15, -0.1) is 22.9 Å². The van der Waals surface area contributed by atoms with Crippen LogP contribution in [0.3, 0.4) is 0 Å². The zero-order valence-corrected chi connectivity index (χ0v) is 15.8. The minimum absolute atomic E-state index is 0.284. The first-order valence-electron chi connectivity index (χ1n) is 8.99. The minimum atomic E-state index is -0.350. The molecule has 2 aromatic rings. The Labute approximate surface area is 153 Å². The van der Waals surface area contributed by atoms with Crippen molar-refractivity contribution in [2.24, 2.45) is 5.92 Å². The van der Waals surface area contributed by atoms with Crippen molar-refractivity contribution < 1.29 is 5.11 Å². The number of rotatable bonds is 7. The molecule has 0 saturated heterocycles. The highest BCUT2D eigenvalue weighted by Gasteiger charge is 2.35. The summed E-state index contributed by atoms with van der Waals surface area (Å²) in [6, 6.07) is 8.55. The molecule has 1 heterocycles. The highest BCUT2D eigenvalue weighted by molar-refractivity contribution is 7.09. The van der Waals surface area contributed by atoms with Gasteiger partial charge >= 0.3 is 0 Å². The van der Waals surface area contributed by atoms with Gasteiger partial charge in [0.15, 0.2) is 0 Å². The van der Waals surface area contributed by atoms with Gasteiger partial charge in [-0.2, -0.15) is 0 Å². The topological polar surface area (TPSA) is 33.1 Å². The van der Waals surface area contributed by atoms with Gasteiger partial charge in [-0.3, -0.25) is 0 Å². The normalized spacial score (nSPS) is 25.0. The summed E-state index contributed by atoms with van der Waals surface area (Å²) in [6.45, 7) is 2.01. The van der Waals surface area contributed by atoms with E-state index >= 15 is 0 Å². The third-order valence-electron chi connectivity index (χ3n) is 5.28. The molecule has 0 amide bonds. The lowest BCUT2D eigenvalue weighted by molar-refractivity contribution is 0.173. The van der Waals surface area contributed by atoms with Crippen LogP contribution in [-0.2, 0) is 6.42 Å². The lowest BCUT2D eigenvalue weighted by Gasteiger charge is -2.22. The van der Waals surface area contributed by atoms with E-state index < -0.39 is 0 Å². The molecule has 1 aromatic carbocycles. The van der Waals surface area contributed by atoms with E-state index in [0.717, 1.165) is 37.7 Å². The summed E-state index contributed by atoms with van der Waals surface area (Å²) in [5, 5.41) is 13.5. The minimum Gasteiger partial charge on any atom is -0.388 e. The first-order chi connectivity index (χ1) is 11.7. The molecular formula is C20H26ClNOS. The predicted octanol–water partition coefficient (Wildman–Crippen LogP) is 5.71. The van der Waals surface area contributed by atoms with E-state index in [9.17, 15) is 5.11 Å². The summed E-state index contributed by atoms with van der Waals surface area (Å²) < 4.78 is 0. The average Bonchev–Trinajstić information content (AvgIpc) is 3.25. The molecule has 4 unspecified atom stereocenters. The van der Waals surface area contributed by atoms with Gasteiger partial charge in [0.25, 0.3) is 0 Å². The van der Waals surface area contributed by atoms with Crippen molar-refractivity contribution in [3.05, 3.63) is 52.0 Å². The Bertz CT molecular complexity index is 613. The molecule has 0 bridgehead atoms. The number of alkyl halides is 1. The predicted molar refractivity (Wildman–Crippen MR) is 102 cm³/mol. The highest BCUT2D eigenvalue weighted by Crippen LogP contribution is 2.45. The van der Waals surface area contributed by atoms with Crippen LogP contribution in [0.4, 0.5) is 0 Å². The van der Waals surface area contributed by atoms with Crippen molar-refractivity contribution >= 4 is 22.9 Å². The lowest BCUT2D eigenvalue weighted by atomic mass is 9.85. The first-order valence-corrected chi connectivity index (χ1v) is 10.3. The van der Waals surface area contributed by atoms with Crippen LogP contribution < -0.4 is 0 Å². The van der Waals surface area contributed by atoms with E-state index in [1.54, 1.807) is 11.3 Å². The highest BCUT2D eigenvalue weighted by atomic mass is 35.5. The SMILES string of the molecule is CCC(O)c1ccc(C2CCC(Cl)C2CCCc2nccs2)cc1. The number of aliphatic hydroxyl groups is 1. The largest absolute Gasteiger partial charge is 0.388 e. The Morgan fingerprint density at radius 2 is 2.08 bits per heavy atom. The van der Waals surface area contributed by atoms with E-state index in [-0.39, 0.29) is 11.5 Å². The third kappa shape index (κ3) is 4.19. The summed E-state index contributed by atoms with van der Waals surface area (Å²) >= 11 is 8.38. The number of aromatic nitrogens is 1. The fourth-order valence-corrected chi connectivity index (χ4v) is 4.97. The molecule has 130 valence electrons. The van der Waals surface area contributed by atoms with Crippen LogP contribution >= 0.6 is 22.9 Å². The number of benzene rings is 1. The molecule has 3 rings (SSSR count). The number of nitrogens with zero attached hydrogens (tertiary/aromatic N) is 1. The van der Waals surface area contributed by atoms with Crippen molar-refractivity contribution in [3.63, 3.8) is 0 Å². The summed E-state index contributed by atoms with van der Waals surface area (Å²) in [5.74, 6) is 1.10. The van der Waals surface area contributed by atoms with Crippen LogP contribution in [0.5, 0.6) is 0 Å². The van der Waals surface area contributed by atoms with Gasteiger partial charge in [0.05, 0.1) is 11.1 Å². The number of thiazole rings is 1. The van der Waals surface area contributed by atoms with E-state index in [2.05, 4.69) is 29.2 Å². The van der Waals surface area contributed by atoms with Gasteiger partial charge in [0.2, 0.25) is 0 Å². The second-order valence-corrected chi connectivity index (χ2v) is 8.31. The molecule has 24 heavy (non-hydrogen) atoms. The zero-order chi connectivity index (χ0) is 16.9. The van der Waals surface area contributed by atoms with E-state index in [0.29, 0.717) is 11.8 Å². The second-order valence-electron chi connectivity index (χ2n) is 6.77. The lowest BCUT2D eigenvalue weighted by Crippen LogP contribution is -2.14. The van der Waals surface area contributed by atoms with Gasteiger partial charge in [0, 0.05) is 17.0 Å². The van der Waals surface area contributed by atoms with Crippen molar-refractivity contribution in [3.8, 4) is 0 Å². The van der Waals surface area contributed by atoms with Gasteiger partial charge in [-0.1, -0.05) is 31.2 Å². The fourth-order valence-electron chi connectivity index (χ4n) is 3.88. The van der Waals surface area contributed by atoms with E-state index in [1.165, 1.54) is 17.0 Å². The maximum atomic E-state index is 9.96. The Balaban J connectivity index is 1.62. The standard InChI is InChI=1S/C20H26ClNOS/c1-2-19(23)15-8-6-14(7-9-15)16-10-11-18(21)17(16)4-3-5-20-22-12-13-24-20/h6-9,12-13,16-19,23H,2-5,10-11H2,1H3. The van der Waals surface area contributed by atoms with Crippen molar-refractivity contribution in [1.82, 2.24) is 4.98 Å². The van der Waals surface area contributed by atoms with Gasteiger partial charge in [-0.25, -0.2) is 4.98 Å². The maximum Gasteiger partial charge on any atom is 0.0924 e. The van der Waals surface area contributed by atoms with Crippen LogP contribution in [0.25, 0.3) is 0 Å². The molecule has 1 aliphatic carbocycles. The Morgan fingerprint density at radius 3 is 2.75 bits per heavy atom. The fraction of sp³-hybridized carbons (Fsp3) is 0.550. The van der Waals surface area contributed by atoms with Crippen LogP contribution in [0.1, 0.15) is 67.2 Å². The molecule has 2 nitrogen and oxygen atoms in total. The summed E-state index contributed by atoms with van der Waals surface area (Å²) in [6.07, 6.45) is 7.95. The summed E-state index contributed by atoms with van der Waals surface area (Å²) in [5.41, 5.74) is 2.39. The number of aryl methyl sites for hydroxylation is 1. The number of halogens is 1. The summed E-state index contributed by atoms with van der Waals surface area (Å²) in [7, 11) is 0. The Kier molecular flexibility index (Phi) is 6.31. The first kappa shape index (κ1) is 17.9. The molecule has 0 aliphatic heterocycles. The molecule has 1 aromatic heterocycles. The monoisotopic (exact) mass is 363 g/mol. The Hall–Kier alpha value is -0.900. The molecule has 0 spiro atoms. The van der Waals surface area contributed by atoms with E-state index in [1.807, 2.05) is 18.5 Å². The zero-order valence-electron chi connectivity index (χ0n) is 14.2. The average molecular weight is 364 g/mol. The quantitative estimate of drug-likeness (QED) is 0.639. The van der Waals surface area contributed by atoms with Crippen molar-refractivity contribution in [1.29, 1.82) is 0 Å². The smallest absolute Gasteiger partial charge is 0.0924 e. The number of hydrogen-bond acceptors (Lipinski definition) is 3. The molecule has 1 N–H and O–H groups in total. The van der Waals surface area contributed by atoms with Crippen LogP contribution in [0.15, 0.2) is 35.8 Å². The van der Waals surface area contributed by atoms with Crippen LogP contribution in [0, 0.1) is 5.92 Å². The molecule has 4 atom stereocenters. The number of hydrogen-bond donors (Lipinski definition) is 1. The van der Waals surface area contributed by atoms with Gasteiger partial charge in [-0.05, 0) is 61.5 Å². The molecule has 1 fully saturated rings. The number of aliphatic hydroxyl groups excluding tert-OH is 1. The van der Waals surface area contributed by atoms with Crippen molar-refractivity contribution in [2.75, 3.05) is 0 Å². The Morgan fingerprint density at radius 1 is 1.29 bits per heavy atom. The molecule has 4 heteroatoms. The van der Waals surface area contributed by atoms with Gasteiger partial charge < -0.3 is 5.11 Å². The maximum absolute atomic E-state index is 9.96. The van der Waals surface area contributed by atoms with Crippen LogP contribution in [0.2, 0.25) is 0 Å². The second kappa shape index (κ2) is 8.46. The van der Waals surface area contributed by atoms with Gasteiger partial charge in [0.1, 0.15) is 0 Å². The third-order valence-corrected chi connectivity index (χ3v) is 6.66. The molecule has 1 saturated carbocycles. The summed E-state index contributed by atoms with van der Waals surface area (Å²) in [4.78, 5) is 4.37. The van der Waals surface area contributed by atoms with Crippen molar-refractivity contribution in [2.45, 2.75) is 62.8 Å².